The van der Waals surface area contributed by atoms with Crippen molar-refractivity contribution in [2.75, 3.05) is 4.90 Å². The minimum absolute atomic E-state index is 0.0422. The summed E-state index contributed by atoms with van der Waals surface area (Å²) < 4.78 is 38.2. The molecule has 0 saturated heterocycles. The molecule has 0 aliphatic carbocycles. The van der Waals surface area contributed by atoms with Gasteiger partial charge in [-0.05, 0) is 65.3 Å². The van der Waals surface area contributed by atoms with Crippen molar-refractivity contribution in [3.8, 4) is 10.4 Å². The first-order chi connectivity index (χ1) is 16.4. The molecule has 2 aromatic heterocycles. The third-order valence-electron chi connectivity index (χ3n) is 4.83. The van der Waals surface area contributed by atoms with Crippen molar-refractivity contribution in [3.63, 3.8) is 0 Å². The molecule has 4 rings (SSSR count). The van der Waals surface area contributed by atoms with Crippen LogP contribution in [0.2, 0.25) is 0 Å². The van der Waals surface area contributed by atoms with Gasteiger partial charge in [-0.1, -0.05) is 36.4 Å². The molecule has 5 nitrogen and oxygen atoms in total. The zero-order chi connectivity index (χ0) is 24.1. The maximum absolute atomic E-state index is 12.7. The molecule has 0 aliphatic rings. The summed E-state index contributed by atoms with van der Waals surface area (Å²) >= 11 is 1.48. The average molecular weight is 478 g/mol. The Labute approximate surface area is 197 Å². The van der Waals surface area contributed by atoms with Gasteiger partial charge in [-0.3, -0.25) is 10.4 Å². The molecule has 1 N–H and O–H groups in total. The third kappa shape index (κ3) is 5.10. The maximum Gasteiger partial charge on any atom is 0.432 e. The minimum atomic E-state index is -4.88. The SMILES string of the molecule is N=C(/C=C(\N=O)c1cc(-c2ccc(N(c3ccccc3)c3ccccc3)s2)ccn1)C(F)(F)F. The number of para-hydroxylation sites is 2. The average Bonchev–Trinajstić information content (AvgIpc) is 3.33. The van der Waals surface area contributed by atoms with Crippen LogP contribution in [0.4, 0.5) is 29.5 Å². The Balaban J connectivity index is 1.71. The molecule has 0 saturated carbocycles. The van der Waals surface area contributed by atoms with Gasteiger partial charge >= 0.3 is 6.18 Å². The van der Waals surface area contributed by atoms with E-state index in [0.717, 1.165) is 21.3 Å². The molecule has 0 unspecified atom stereocenters. The predicted octanol–water partition coefficient (Wildman–Crippen LogP) is 7.97. The minimum Gasteiger partial charge on any atom is -0.302 e. The lowest BCUT2D eigenvalue weighted by Gasteiger charge is -2.23. The topological polar surface area (TPSA) is 69.4 Å². The van der Waals surface area contributed by atoms with Crippen molar-refractivity contribution in [3.05, 3.63) is 108 Å². The highest BCUT2D eigenvalue weighted by Gasteiger charge is 2.33. The number of halogens is 3. The molecule has 0 fully saturated rings. The molecule has 0 amide bonds. The van der Waals surface area contributed by atoms with Gasteiger partial charge < -0.3 is 4.90 Å². The van der Waals surface area contributed by atoms with E-state index in [2.05, 4.69) is 15.1 Å². The standard InChI is InChI=1S/C25H17F3N4OS/c26-25(27,28)23(29)16-21(31-33)20-15-17(13-14-30-20)22-11-12-24(34-22)32(18-7-3-1-4-8-18)19-9-5-2-6-10-19/h1-16,29H/b21-16-,29-23?. The van der Waals surface area contributed by atoms with Crippen molar-refractivity contribution in [1.82, 2.24) is 4.98 Å². The summed E-state index contributed by atoms with van der Waals surface area (Å²) in [5.41, 5.74) is 0.331. The normalized spacial score (nSPS) is 11.8. The number of allylic oxidation sites excluding steroid dienone is 1. The van der Waals surface area contributed by atoms with E-state index < -0.39 is 17.6 Å². The van der Waals surface area contributed by atoms with Crippen molar-refractivity contribution in [2.24, 2.45) is 5.18 Å². The molecule has 0 aliphatic heterocycles. The third-order valence-corrected chi connectivity index (χ3v) is 5.95. The summed E-state index contributed by atoms with van der Waals surface area (Å²) in [6.07, 6.45) is -3.10. The van der Waals surface area contributed by atoms with Crippen LogP contribution in [0.15, 0.2) is 102 Å². The maximum atomic E-state index is 12.7. The van der Waals surface area contributed by atoms with Crippen LogP contribution in [0.25, 0.3) is 16.1 Å². The van der Waals surface area contributed by atoms with E-state index in [0.29, 0.717) is 11.6 Å². The van der Waals surface area contributed by atoms with Gasteiger partial charge in [0.15, 0.2) is 0 Å². The largest absolute Gasteiger partial charge is 0.432 e. The van der Waals surface area contributed by atoms with Crippen LogP contribution >= 0.6 is 11.3 Å². The second kappa shape index (κ2) is 9.80. The lowest BCUT2D eigenvalue weighted by atomic mass is 10.1. The lowest BCUT2D eigenvalue weighted by molar-refractivity contribution is -0.0583. The monoisotopic (exact) mass is 478 g/mol. The second-order valence-electron chi connectivity index (χ2n) is 7.11. The first-order valence-corrected chi connectivity index (χ1v) is 10.9. The van der Waals surface area contributed by atoms with Gasteiger partial charge in [-0.25, -0.2) is 0 Å². The molecule has 2 heterocycles. The molecule has 0 spiro atoms. The van der Waals surface area contributed by atoms with Crippen LogP contribution < -0.4 is 4.90 Å². The number of pyridine rings is 1. The highest BCUT2D eigenvalue weighted by Crippen LogP contribution is 2.41. The summed E-state index contributed by atoms with van der Waals surface area (Å²) in [5.74, 6) is 0. The second-order valence-corrected chi connectivity index (χ2v) is 8.17. The number of nitroso groups, excluding NO2 is 1. The number of thiophene rings is 1. The van der Waals surface area contributed by atoms with E-state index >= 15 is 0 Å². The molecule has 0 radical (unpaired) electrons. The Bertz CT molecular complexity index is 1300. The summed E-state index contributed by atoms with van der Waals surface area (Å²) in [7, 11) is 0. The van der Waals surface area contributed by atoms with E-state index in [1.165, 1.54) is 23.6 Å². The van der Waals surface area contributed by atoms with Gasteiger partial charge in [-0.2, -0.15) is 13.2 Å². The fraction of sp³-hybridized carbons (Fsp3) is 0.0400. The number of benzene rings is 2. The van der Waals surface area contributed by atoms with Gasteiger partial charge in [-0.15, -0.1) is 16.2 Å². The van der Waals surface area contributed by atoms with E-state index in [1.807, 2.05) is 72.8 Å². The first-order valence-electron chi connectivity index (χ1n) is 10.0. The van der Waals surface area contributed by atoms with Crippen LogP contribution in [0, 0.1) is 10.3 Å². The van der Waals surface area contributed by atoms with Gasteiger partial charge in [0.05, 0.1) is 5.69 Å². The zero-order valence-electron chi connectivity index (χ0n) is 17.5. The zero-order valence-corrected chi connectivity index (χ0v) is 18.3. The van der Waals surface area contributed by atoms with E-state index in [4.69, 9.17) is 5.41 Å². The summed E-state index contributed by atoms with van der Waals surface area (Å²) in [4.78, 5) is 18.1. The molecule has 170 valence electrons. The first kappa shape index (κ1) is 23.1. The fourth-order valence-electron chi connectivity index (χ4n) is 3.25. The van der Waals surface area contributed by atoms with Crippen molar-refractivity contribution in [1.29, 1.82) is 5.41 Å². The Morgan fingerprint density at radius 3 is 2.12 bits per heavy atom. The van der Waals surface area contributed by atoms with E-state index in [9.17, 15) is 18.1 Å². The molecule has 0 atom stereocenters. The number of hydrogen-bond donors (Lipinski definition) is 1. The van der Waals surface area contributed by atoms with E-state index in [-0.39, 0.29) is 5.69 Å². The van der Waals surface area contributed by atoms with Gasteiger partial charge in [0.1, 0.15) is 16.4 Å². The number of alkyl halides is 3. The molecule has 9 heteroatoms. The molecule has 0 bridgehead atoms. The van der Waals surface area contributed by atoms with Crippen LogP contribution in [0.5, 0.6) is 0 Å². The molecule has 4 aromatic rings. The number of nitrogens with one attached hydrogen (secondary N) is 1. The van der Waals surface area contributed by atoms with Crippen LogP contribution in [-0.4, -0.2) is 16.9 Å². The van der Waals surface area contributed by atoms with Crippen molar-refractivity contribution >= 4 is 39.1 Å². The highest BCUT2D eigenvalue weighted by molar-refractivity contribution is 7.19. The Morgan fingerprint density at radius 2 is 1.56 bits per heavy atom. The Hall–Kier alpha value is -4.11. The summed E-state index contributed by atoms with van der Waals surface area (Å²) in [6, 6.07) is 26.7. The van der Waals surface area contributed by atoms with Gasteiger partial charge in [0.2, 0.25) is 0 Å². The molecular formula is C25H17F3N4OS. The van der Waals surface area contributed by atoms with Gasteiger partial charge in [0.25, 0.3) is 0 Å². The van der Waals surface area contributed by atoms with Crippen LogP contribution in [-0.2, 0) is 0 Å². The number of anilines is 3. The Kier molecular flexibility index (Phi) is 6.65. The molecule has 34 heavy (non-hydrogen) atoms. The van der Waals surface area contributed by atoms with Crippen LogP contribution in [0.1, 0.15) is 5.69 Å². The molecule has 2 aromatic carbocycles. The molecular weight excluding hydrogens is 461 g/mol. The number of aromatic nitrogens is 1. The Morgan fingerprint density at radius 1 is 0.941 bits per heavy atom. The fourth-order valence-corrected chi connectivity index (χ4v) is 4.29. The smallest absolute Gasteiger partial charge is 0.302 e. The van der Waals surface area contributed by atoms with Crippen molar-refractivity contribution in [2.45, 2.75) is 6.18 Å². The number of hydrogen-bond acceptors (Lipinski definition) is 6. The van der Waals surface area contributed by atoms with Gasteiger partial charge in [0, 0.05) is 22.4 Å². The van der Waals surface area contributed by atoms with Crippen LogP contribution in [0.3, 0.4) is 0 Å². The van der Waals surface area contributed by atoms with Crippen molar-refractivity contribution < 1.29 is 13.2 Å². The number of rotatable bonds is 7. The highest BCUT2D eigenvalue weighted by atomic mass is 32.1. The summed E-state index contributed by atoms with van der Waals surface area (Å²) in [5, 5.41) is 10.7. The summed E-state index contributed by atoms with van der Waals surface area (Å²) in [6.45, 7) is 0. The number of nitrogens with zero attached hydrogens (tertiary/aromatic N) is 3. The van der Waals surface area contributed by atoms with E-state index in [1.54, 1.807) is 6.07 Å². The predicted molar refractivity (Wildman–Crippen MR) is 130 cm³/mol. The quantitative estimate of drug-likeness (QED) is 0.216. The lowest BCUT2D eigenvalue weighted by Crippen LogP contribution is -2.19.